The topological polar surface area (TPSA) is 29.5 Å². The monoisotopic (exact) mass is 351 g/mol. The molecule has 0 aliphatic carbocycles. The molecule has 0 radical (unpaired) electrons. The summed E-state index contributed by atoms with van der Waals surface area (Å²) in [7, 11) is 1.67. The van der Waals surface area contributed by atoms with Crippen LogP contribution in [0.2, 0.25) is 0 Å². The number of ether oxygens (including phenoxy) is 1. The number of methoxy groups -OCH3 is 1. The largest absolute Gasteiger partial charge is 0.497 e. The molecule has 0 saturated carbocycles. The van der Waals surface area contributed by atoms with E-state index in [9.17, 15) is 4.79 Å². The fourth-order valence-corrected chi connectivity index (χ4v) is 4.86. The van der Waals surface area contributed by atoms with Gasteiger partial charge in [0.25, 0.3) is 5.91 Å². The van der Waals surface area contributed by atoms with E-state index in [2.05, 4.69) is 31.2 Å². The second-order valence-electron chi connectivity index (χ2n) is 6.48. The molecular formula is C21H21NO2S. The molecule has 128 valence electrons. The summed E-state index contributed by atoms with van der Waals surface area (Å²) in [6.45, 7) is 2.88. The quantitative estimate of drug-likeness (QED) is 0.649. The SMILES string of the molecule is COc1ccc(C2CCCN2C(=O)c2sc3ccccc3c2C)cc1. The van der Waals surface area contributed by atoms with Crippen molar-refractivity contribution in [1.29, 1.82) is 0 Å². The van der Waals surface area contributed by atoms with Crippen LogP contribution in [-0.2, 0) is 0 Å². The van der Waals surface area contributed by atoms with Gasteiger partial charge in [0.2, 0.25) is 0 Å². The highest BCUT2D eigenvalue weighted by atomic mass is 32.1. The fraction of sp³-hybridized carbons (Fsp3) is 0.286. The van der Waals surface area contributed by atoms with Crippen LogP contribution in [-0.4, -0.2) is 24.5 Å². The van der Waals surface area contributed by atoms with Crippen molar-refractivity contribution < 1.29 is 9.53 Å². The van der Waals surface area contributed by atoms with Crippen molar-refractivity contribution >= 4 is 27.3 Å². The molecule has 0 N–H and O–H groups in total. The number of nitrogens with zero attached hydrogens (tertiary/aromatic N) is 1. The van der Waals surface area contributed by atoms with E-state index in [0.717, 1.165) is 35.6 Å². The Morgan fingerprint density at radius 1 is 1.16 bits per heavy atom. The van der Waals surface area contributed by atoms with Crippen LogP contribution in [0.5, 0.6) is 5.75 Å². The Kier molecular flexibility index (Phi) is 4.22. The number of thiophene rings is 1. The van der Waals surface area contributed by atoms with Gasteiger partial charge in [0.15, 0.2) is 0 Å². The minimum absolute atomic E-state index is 0.156. The molecule has 1 aromatic heterocycles. The highest BCUT2D eigenvalue weighted by Gasteiger charge is 2.32. The van der Waals surface area contributed by atoms with Gasteiger partial charge in [-0.1, -0.05) is 30.3 Å². The Morgan fingerprint density at radius 2 is 1.92 bits per heavy atom. The third-order valence-corrected chi connectivity index (χ3v) is 6.31. The Bertz CT molecular complexity index is 913. The van der Waals surface area contributed by atoms with Crippen LogP contribution in [0.1, 0.15) is 39.7 Å². The van der Waals surface area contributed by atoms with E-state index in [1.807, 2.05) is 29.2 Å². The van der Waals surface area contributed by atoms with Gasteiger partial charge >= 0.3 is 0 Å². The van der Waals surface area contributed by atoms with Crippen LogP contribution in [0.15, 0.2) is 48.5 Å². The summed E-state index contributed by atoms with van der Waals surface area (Å²) in [5.74, 6) is 1.01. The molecule has 4 heteroatoms. The number of rotatable bonds is 3. The van der Waals surface area contributed by atoms with Crippen molar-refractivity contribution in [3.05, 3.63) is 64.5 Å². The van der Waals surface area contributed by atoms with Crippen LogP contribution < -0.4 is 4.74 Å². The van der Waals surface area contributed by atoms with Gasteiger partial charge in [-0.05, 0) is 54.5 Å². The van der Waals surface area contributed by atoms with Crippen molar-refractivity contribution in [3.63, 3.8) is 0 Å². The van der Waals surface area contributed by atoms with Gasteiger partial charge in [-0.25, -0.2) is 0 Å². The van der Waals surface area contributed by atoms with E-state index < -0.39 is 0 Å². The second-order valence-corrected chi connectivity index (χ2v) is 7.53. The van der Waals surface area contributed by atoms with Crippen molar-refractivity contribution in [1.82, 2.24) is 4.90 Å². The Balaban J connectivity index is 1.66. The molecule has 1 amide bonds. The number of carbonyl (C=O) groups excluding carboxylic acids is 1. The summed E-state index contributed by atoms with van der Waals surface area (Å²) in [5.41, 5.74) is 2.29. The molecule has 1 fully saturated rings. The third-order valence-electron chi connectivity index (χ3n) is 5.05. The average molecular weight is 351 g/mol. The molecule has 1 saturated heterocycles. The van der Waals surface area contributed by atoms with E-state index in [-0.39, 0.29) is 11.9 Å². The minimum Gasteiger partial charge on any atom is -0.497 e. The number of benzene rings is 2. The molecule has 2 heterocycles. The van der Waals surface area contributed by atoms with Gasteiger partial charge in [0.05, 0.1) is 18.0 Å². The first-order chi connectivity index (χ1) is 12.2. The first-order valence-corrected chi connectivity index (χ1v) is 9.43. The predicted molar refractivity (Wildman–Crippen MR) is 103 cm³/mol. The first-order valence-electron chi connectivity index (χ1n) is 8.62. The van der Waals surface area contributed by atoms with Crippen molar-refractivity contribution in [2.75, 3.05) is 13.7 Å². The lowest BCUT2D eigenvalue weighted by Gasteiger charge is -2.25. The molecule has 0 spiro atoms. The Hall–Kier alpha value is -2.33. The van der Waals surface area contributed by atoms with Crippen LogP contribution in [0, 0.1) is 6.92 Å². The molecule has 1 aliphatic rings. The summed E-state index contributed by atoms with van der Waals surface area (Å²) < 4.78 is 6.43. The predicted octanol–water partition coefficient (Wildman–Crippen LogP) is 5.20. The first kappa shape index (κ1) is 16.2. The van der Waals surface area contributed by atoms with Crippen LogP contribution in [0.25, 0.3) is 10.1 Å². The van der Waals surface area contributed by atoms with Gasteiger partial charge in [0, 0.05) is 11.2 Å². The van der Waals surface area contributed by atoms with Gasteiger partial charge in [-0.15, -0.1) is 11.3 Å². The fourth-order valence-electron chi connectivity index (χ4n) is 3.69. The average Bonchev–Trinajstić information content (AvgIpc) is 3.27. The summed E-state index contributed by atoms with van der Waals surface area (Å²) >= 11 is 1.61. The molecule has 0 bridgehead atoms. The maximum absolute atomic E-state index is 13.3. The summed E-state index contributed by atoms with van der Waals surface area (Å²) in [6, 6.07) is 16.5. The lowest BCUT2D eigenvalue weighted by atomic mass is 10.0. The molecule has 25 heavy (non-hydrogen) atoms. The molecule has 1 aliphatic heterocycles. The van der Waals surface area contributed by atoms with Gasteiger partial charge in [0.1, 0.15) is 5.75 Å². The number of aryl methyl sites for hydroxylation is 1. The third kappa shape index (κ3) is 2.81. The molecular weight excluding hydrogens is 330 g/mol. The lowest BCUT2D eigenvalue weighted by Crippen LogP contribution is -2.30. The van der Waals surface area contributed by atoms with E-state index in [1.54, 1.807) is 18.4 Å². The highest BCUT2D eigenvalue weighted by Crippen LogP contribution is 2.37. The molecule has 4 rings (SSSR count). The molecule has 1 atom stereocenters. The van der Waals surface area contributed by atoms with E-state index >= 15 is 0 Å². The van der Waals surface area contributed by atoms with E-state index in [0.29, 0.717) is 0 Å². The van der Waals surface area contributed by atoms with E-state index in [4.69, 9.17) is 4.74 Å². The zero-order valence-electron chi connectivity index (χ0n) is 14.5. The summed E-state index contributed by atoms with van der Waals surface area (Å²) in [4.78, 5) is 16.2. The van der Waals surface area contributed by atoms with Gasteiger partial charge < -0.3 is 9.64 Å². The van der Waals surface area contributed by atoms with Gasteiger partial charge in [-0.2, -0.15) is 0 Å². The van der Waals surface area contributed by atoms with Crippen LogP contribution in [0.3, 0.4) is 0 Å². The summed E-state index contributed by atoms with van der Waals surface area (Å²) in [6.07, 6.45) is 2.06. The second kappa shape index (κ2) is 6.52. The maximum atomic E-state index is 13.3. The Labute approximate surface area is 151 Å². The van der Waals surface area contributed by atoms with Crippen molar-refractivity contribution in [3.8, 4) is 5.75 Å². The zero-order valence-corrected chi connectivity index (χ0v) is 15.3. The van der Waals surface area contributed by atoms with Crippen LogP contribution >= 0.6 is 11.3 Å². The molecule has 1 unspecified atom stereocenters. The highest BCUT2D eigenvalue weighted by molar-refractivity contribution is 7.21. The Morgan fingerprint density at radius 3 is 2.64 bits per heavy atom. The number of fused-ring (bicyclic) bond motifs is 1. The number of hydrogen-bond acceptors (Lipinski definition) is 3. The molecule has 2 aromatic carbocycles. The number of likely N-dealkylation sites (tertiary alicyclic amines) is 1. The van der Waals surface area contributed by atoms with E-state index in [1.165, 1.54) is 15.6 Å². The number of hydrogen-bond donors (Lipinski definition) is 0. The lowest BCUT2D eigenvalue weighted by molar-refractivity contribution is 0.0740. The van der Waals surface area contributed by atoms with Crippen molar-refractivity contribution in [2.24, 2.45) is 0 Å². The molecule has 3 nitrogen and oxygen atoms in total. The maximum Gasteiger partial charge on any atom is 0.264 e. The molecule has 3 aromatic rings. The number of amides is 1. The smallest absolute Gasteiger partial charge is 0.264 e. The zero-order chi connectivity index (χ0) is 17.4. The van der Waals surface area contributed by atoms with Crippen LogP contribution in [0.4, 0.5) is 0 Å². The van der Waals surface area contributed by atoms with Crippen molar-refractivity contribution in [2.45, 2.75) is 25.8 Å². The normalized spacial score (nSPS) is 17.2. The number of carbonyl (C=O) groups is 1. The summed E-state index contributed by atoms with van der Waals surface area (Å²) in [5, 5.41) is 1.19. The minimum atomic E-state index is 0.156. The van der Waals surface area contributed by atoms with Gasteiger partial charge in [-0.3, -0.25) is 4.79 Å². The standard InChI is InChI=1S/C21H21NO2S/c1-14-17-6-3-4-8-19(17)25-20(14)21(23)22-13-5-7-18(22)15-9-11-16(24-2)12-10-15/h3-4,6,8-12,18H,5,7,13H2,1-2H3.